The number of carbonyl (C=O) groups excluding carboxylic acids is 1. The molecule has 0 fully saturated rings. The highest BCUT2D eigenvalue weighted by molar-refractivity contribution is 6.05. The number of hydrogen-bond acceptors (Lipinski definition) is 6. The van der Waals surface area contributed by atoms with Crippen LogP contribution in [0.5, 0.6) is 5.75 Å². The van der Waals surface area contributed by atoms with Crippen molar-refractivity contribution in [3.8, 4) is 11.4 Å². The standard InChI is InChI=1S/C16H19N7O2/c1-10(2)11(3)23-15(6-7-18-23)19-16(25)13-5-4-12(8-14(13)24)22-9-17-20-21-22/h4-11,24H,1-3H3,(H,19,25)/t11-/m1/s1. The van der Waals surface area contributed by atoms with Gasteiger partial charge in [-0.25, -0.2) is 9.36 Å². The van der Waals surface area contributed by atoms with Crippen molar-refractivity contribution in [2.45, 2.75) is 26.8 Å². The van der Waals surface area contributed by atoms with E-state index in [-0.39, 0.29) is 17.4 Å². The van der Waals surface area contributed by atoms with E-state index < -0.39 is 5.91 Å². The molecule has 0 bridgehead atoms. The van der Waals surface area contributed by atoms with Gasteiger partial charge in [-0.2, -0.15) is 5.10 Å². The third-order valence-corrected chi connectivity index (χ3v) is 4.10. The van der Waals surface area contributed by atoms with E-state index in [1.165, 1.54) is 23.1 Å². The number of tetrazole rings is 1. The van der Waals surface area contributed by atoms with Crippen LogP contribution in [0.3, 0.4) is 0 Å². The van der Waals surface area contributed by atoms with E-state index in [9.17, 15) is 9.90 Å². The molecule has 2 aromatic heterocycles. The fourth-order valence-electron chi connectivity index (χ4n) is 2.34. The maximum absolute atomic E-state index is 12.5. The summed E-state index contributed by atoms with van der Waals surface area (Å²) in [5.41, 5.74) is 0.708. The molecule has 25 heavy (non-hydrogen) atoms. The van der Waals surface area contributed by atoms with Crippen molar-refractivity contribution in [1.29, 1.82) is 0 Å². The van der Waals surface area contributed by atoms with Crippen LogP contribution >= 0.6 is 0 Å². The predicted octanol–water partition coefficient (Wildman–Crippen LogP) is 2.03. The minimum absolute atomic E-state index is 0.126. The number of benzene rings is 1. The summed E-state index contributed by atoms with van der Waals surface area (Å²) >= 11 is 0. The summed E-state index contributed by atoms with van der Waals surface area (Å²) in [5.74, 6) is 0.363. The van der Waals surface area contributed by atoms with Crippen molar-refractivity contribution in [1.82, 2.24) is 30.0 Å². The van der Waals surface area contributed by atoms with E-state index in [0.717, 1.165) is 0 Å². The first-order chi connectivity index (χ1) is 12.0. The van der Waals surface area contributed by atoms with Gasteiger partial charge in [-0.1, -0.05) is 13.8 Å². The van der Waals surface area contributed by atoms with Gasteiger partial charge in [0.25, 0.3) is 5.91 Å². The van der Waals surface area contributed by atoms with Crippen LogP contribution in [0.15, 0.2) is 36.8 Å². The molecule has 0 aliphatic heterocycles. The number of phenols is 1. The molecule has 0 saturated heterocycles. The Bertz CT molecular complexity index is 871. The Morgan fingerprint density at radius 2 is 2.04 bits per heavy atom. The first-order valence-corrected chi connectivity index (χ1v) is 7.88. The maximum atomic E-state index is 12.5. The highest BCUT2D eigenvalue weighted by atomic mass is 16.3. The molecule has 9 nitrogen and oxygen atoms in total. The number of anilines is 1. The number of aromatic hydroxyl groups is 1. The van der Waals surface area contributed by atoms with Gasteiger partial charge in [0, 0.05) is 12.1 Å². The minimum atomic E-state index is -0.418. The molecular formula is C16H19N7O2. The Morgan fingerprint density at radius 3 is 2.68 bits per heavy atom. The van der Waals surface area contributed by atoms with Gasteiger partial charge >= 0.3 is 0 Å². The normalized spacial score (nSPS) is 12.3. The average molecular weight is 341 g/mol. The molecule has 1 atom stereocenters. The largest absolute Gasteiger partial charge is 0.507 e. The summed E-state index contributed by atoms with van der Waals surface area (Å²) in [5, 5.41) is 28.1. The first kappa shape index (κ1) is 16.6. The van der Waals surface area contributed by atoms with E-state index in [4.69, 9.17) is 0 Å². The average Bonchev–Trinajstić information content (AvgIpc) is 3.25. The molecule has 0 radical (unpaired) electrons. The minimum Gasteiger partial charge on any atom is -0.507 e. The van der Waals surface area contributed by atoms with E-state index >= 15 is 0 Å². The third kappa shape index (κ3) is 3.35. The first-order valence-electron chi connectivity index (χ1n) is 7.88. The lowest BCUT2D eigenvalue weighted by molar-refractivity contribution is 0.102. The highest BCUT2D eigenvalue weighted by Gasteiger charge is 2.18. The van der Waals surface area contributed by atoms with Crippen LogP contribution in [0, 0.1) is 5.92 Å². The lowest BCUT2D eigenvalue weighted by atomic mass is 10.1. The Balaban J connectivity index is 1.82. The zero-order valence-electron chi connectivity index (χ0n) is 14.2. The Labute approximate surface area is 144 Å². The van der Waals surface area contributed by atoms with Gasteiger partial charge in [0.2, 0.25) is 0 Å². The number of nitrogens with one attached hydrogen (secondary N) is 1. The molecule has 0 aliphatic rings. The molecule has 9 heteroatoms. The van der Waals surface area contributed by atoms with Crippen LogP contribution in [0.4, 0.5) is 5.82 Å². The van der Waals surface area contributed by atoms with E-state index in [0.29, 0.717) is 17.4 Å². The van der Waals surface area contributed by atoms with Crippen LogP contribution in [-0.2, 0) is 0 Å². The SMILES string of the molecule is CC(C)[C@@H](C)n1nccc1NC(=O)c1ccc(-n2cnnn2)cc1O. The monoisotopic (exact) mass is 341 g/mol. The summed E-state index contributed by atoms with van der Waals surface area (Å²) in [6, 6.07) is 6.46. The van der Waals surface area contributed by atoms with Gasteiger partial charge in [0.15, 0.2) is 0 Å². The number of amides is 1. The molecule has 0 aliphatic carbocycles. The van der Waals surface area contributed by atoms with Crippen molar-refractivity contribution in [3.05, 3.63) is 42.4 Å². The molecule has 1 aromatic carbocycles. The molecule has 0 saturated carbocycles. The van der Waals surface area contributed by atoms with Crippen LogP contribution < -0.4 is 5.32 Å². The molecule has 130 valence electrons. The molecule has 1 amide bonds. The molecule has 2 heterocycles. The fraction of sp³-hybridized carbons (Fsp3) is 0.312. The van der Waals surface area contributed by atoms with E-state index in [1.807, 2.05) is 6.92 Å². The number of phenolic OH excluding ortho intramolecular Hbond substituents is 1. The van der Waals surface area contributed by atoms with Crippen LogP contribution in [0.1, 0.15) is 37.2 Å². The lowest BCUT2D eigenvalue weighted by Gasteiger charge is -2.19. The predicted molar refractivity (Wildman–Crippen MR) is 90.5 cm³/mol. The number of hydrogen-bond donors (Lipinski definition) is 2. The van der Waals surface area contributed by atoms with Gasteiger partial charge in [-0.05, 0) is 35.4 Å². The molecule has 3 rings (SSSR count). The zero-order chi connectivity index (χ0) is 18.0. The third-order valence-electron chi connectivity index (χ3n) is 4.10. The molecule has 3 aromatic rings. The Kier molecular flexibility index (Phi) is 4.46. The molecular weight excluding hydrogens is 322 g/mol. The van der Waals surface area contributed by atoms with Gasteiger partial charge in [0.05, 0.1) is 23.5 Å². The summed E-state index contributed by atoms with van der Waals surface area (Å²) in [6.07, 6.45) is 3.04. The molecule has 0 unspecified atom stereocenters. The topological polar surface area (TPSA) is 111 Å². The van der Waals surface area contributed by atoms with E-state index in [2.05, 4.69) is 39.8 Å². The Hall–Kier alpha value is -3.23. The number of nitrogens with zero attached hydrogens (tertiary/aromatic N) is 6. The molecule has 0 spiro atoms. The second kappa shape index (κ2) is 6.71. The number of aromatic nitrogens is 6. The van der Waals surface area contributed by atoms with Gasteiger partial charge < -0.3 is 10.4 Å². The van der Waals surface area contributed by atoms with Crippen molar-refractivity contribution >= 4 is 11.7 Å². The summed E-state index contributed by atoms with van der Waals surface area (Å²) in [4.78, 5) is 12.5. The second-order valence-corrected chi connectivity index (χ2v) is 6.06. The van der Waals surface area contributed by atoms with Gasteiger partial charge in [-0.3, -0.25) is 4.79 Å². The summed E-state index contributed by atoms with van der Waals surface area (Å²) in [6.45, 7) is 6.20. The number of rotatable bonds is 5. The van der Waals surface area contributed by atoms with Gasteiger partial charge in [-0.15, -0.1) is 5.10 Å². The maximum Gasteiger partial charge on any atom is 0.260 e. The van der Waals surface area contributed by atoms with Crippen LogP contribution in [-0.4, -0.2) is 41.0 Å². The van der Waals surface area contributed by atoms with E-state index in [1.54, 1.807) is 23.0 Å². The van der Waals surface area contributed by atoms with Crippen molar-refractivity contribution in [3.63, 3.8) is 0 Å². The fourth-order valence-corrected chi connectivity index (χ4v) is 2.34. The van der Waals surface area contributed by atoms with Crippen molar-refractivity contribution in [2.75, 3.05) is 5.32 Å². The number of carbonyl (C=O) groups is 1. The summed E-state index contributed by atoms with van der Waals surface area (Å²) in [7, 11) is 0. The zero-order valence-corrected chi connectivity index (χ0v) is 14.2. The smallest absolute Gasteiger partial charge is 0.260 e. The lowest BCUT2D eigenvalue weighted by Crippen LogP contribution is -2.20. The van der Waals surface area contributed by atoms with Crippen molar-refractivity contribution in [2.24, 2.45) is 5.92 Å². The second-order valence-electron chi connectivity index (χ2n) is 6.06. The Morgan fingerprint density at radius 1 is 1.24 bits per heavy atom. The van der Waals surface area contributed by atoms with Crippen LogP contribution in [0.25, 0.3) is 5.69 Å². The van der Waals surface area contributed by atoms with Crippen molar-refractivity contribution < 1.29 is 9.90 Å². The highest BCUT2D eigenvalue weighted by Crippen LogP contribution is 2.24. The molecule has 2 N–H and O–H groups in total. The quantitative estimate of drug-likeness (QED) is 0.734. The van der Waals surface area contributed by atoms with Crippen LogP contribution in [0.2, 0.25) is 0 Å². The van der Waals surface area contributed by atoms with Gasteiger partial charge in [0.1, 0.15) is 17.9 Å². The summed E-state index contributed by atoms with van der Waals surface area (Å²) < 4.78 is 3.15.